The molecule has 1 aromatic rings. The van der Waals surface area contributed by atoms with E-state index in [-0.39, 0.29) is 6.04 Å². The van der Waals surface area contributed by atoms with Gasteiger partial charge in [0, 0.05) is 6.04 Å². The van der Waals surface area contributed by atoms with Crippen LogP contribution in [0.25, 0.3) is 0 Å². The van der Waals surface area contributed by atoms with E-state index in [0.717, 1.165) is 16.3 Å². The average Bonchev–Trinajstić information content (AvgIpc) is 2.96. The summed E-state index contributed by atoms with van der Waals surface area (Å²) in [4.78, 5) is 0. The summed E-state index contributed by atoms with van der Waals surface area (Å²) in [6, 6.07) is 4.88. The van der Waals surface area contributed by atoms with Gasteiger partial charge in [-0.05, 0) is 71.0 Å². The molecule has 2 bridgehead atoms. The van der Waals surface area contributed by atoms with Crippen molar-refractivity contribution in [1.82, 2.24) is 5.32 Å². The van der Waals surface area contributed by atoms with E-state index in [2.05, 4.69) is 55.0 Å². The Kier molecular flexibility index (Phi) is 3.14. The molecule has 0 saturated heterocycles. The topological polar surface area (TPSA) is 25.2 Å². The minimum atomic E-state index is 0.270. The summed E-state index contributed by atoms with van der Waals surface area (Å²) in [6.45, 7) is 9.54. The lowest BCUT2D eigenvalue weighted by Crippen LogP contribution is -2.50. The Bertz CT molecular complexity index is 476. The number of fused-ring (bicyclic) bond motifs is 2. The maximum absolute atomic E-state index is 5.69. The lowest BCUT2D eigenvalue weighted by molar-refractivity contribution is 0.0974. The molecule has 106 valence electrons. The van der Waals surface area contributed by atoms with Crippen molar-refractivity contribution in [1.29, 1.82) is 0 Å². The van der Waals surface area contributed by atoms with Gasteiger partial charge in [-0.15, -0.1) is 0 Å². The Labute approximate surface area is 124 Å². The normalized spacial score (nSPS) is 37.7. The molecule has 2 aliphatic rings. The van der Waals surface area contributed by atoms with Crippen LogP contribution in [0.15, 0.2) is 21.2 Å². The fourth-order valence-electron chi connectivity index (χ4n) is 4.61. The van der Waals surface area contributed by atoms with Gasteiger partial charge in [0.1, 0.15) is 5.76 Å². The lowest BCUT2D eigenvalue weighted by Gasteiger charge is -2.44. The summed E-state index contributed by atoms with van der Waals surface area (Å²) in [5, 5.41) is 3.86. The van der Waals surface area contributed by atoms with Gasteiger partial charge in [-0.1, -0.05) is 20.8 Å². The first-order valence-corrected chi connectivity index (χ1v) is 8.13. The summed E-state index contributed by atoms with van der Waals surface area (Å²) in [7, 11) is 0. The first-order chi connectivity index (χ1) is 8.83. The van der Waals surface area contributed by atoms with Gasteiger partial charge >= 0.3 is 0 Å². The van der Waals surface area contributed by atoms with Crippen molar-refractivity contribution < 1.29 is 4.42 Å². The van der Waals surface area contributed by atoms with Crippen LogP contribution in [0.4, 0.5) is 0 Å². The Balaban J connectivity index is 1.79. The van der Waals surface area contributed by atoms with Crippen molar-refractivity contribution in [3.63, 3.8) is 0 Å². The van der Waals surface area contributed by atoms with E-state index >= 15 is 0 Å². The summed E-state index contributed by atoms with van der Waals surface area (Å²) < 4.78 is 6.51. The molecule has 4 unspecified atom stereocenters. The molecule has 1 N–H and O–H groups in total. The summed E-state index contributed by atoms with van der Waals surface area (Å²) in [5.74, 6) is 1.90. The molecule has 3 rings (SSSR count). The van der Waals surface area contributed by atoms with Crippen LogP contribution >= 0.6 is 15.9 Å². The average molecular weight is 326 g/mol. The second kappa shape index (κ2) is 4.36. The summed E-state index contributed by atoms with van der Waals surface area (Å²) in [5.41, 5.74) is 0.858. The van der Waals surface area contributed by atoms with Gasteiger partial charge in [0.2, 0.25) is 0 Å². The monoisotopic (exact) mass is 325 g/mol. The fraction of sp³-hybridized carbons (Fsp3) is 0.750. The standard InChI is InChI=1S/C16H24BrNO/c1-10(12-5-6-13(17)19-12)18-14-15(2,3)11-7-8-16(14,4)9-11/h5-6,10-11,14,18H,7-9H2,1-4H3. The van der Waals surface area contributed by atoms with E-state index in [9.17, 15) is 0 Å². The van der Waals surface area contributed by atoms with E-state index in [1.165, 1.54) is 19.3 Å². The zero-order valence-corrected chi connectivity index (χ0v) is 13.9. The highest BCUT2D eigenvalue weighted by Crippen LogP contribution is 2.62. The van der Waals surface area contributed by atoms with Crippen LogP contribution in [0.3, 0.4) is 0 Å². The van der Waals surface area contributed by atoms with E-state index < -0.39 is 0 Å². The highest BCUT2D eigenvalue weighted by molar-refractivity contribution is 9.10. The van der Waals surface area contributed by atoms with Crippen molar-refractivity contribution in [2.45, 2.75) is 59.0 Å². The molecule has 2 saturated carbocycles. The molecular formula is C16H24BrNO. The van der Waals surface area contributed by atoms with Crippen LogP contribution in [-0.2, 0) is 0 Å². The predicted octanol–water partition coefficient (Wildman–Crippen LogP) is 4.91. The quantitative estimate of drug-likeness (QED) is 0.854. The van der Waals surface area contributed by atoms with Crippen LogP contribution in [0.2, 0.25) is 0 Å². The van der Waals surface area contributed by atoms with Crippen molar-refractivity contribution >= 4 is 15.9 Å². The molecule has 2 aliphatic carbocycles. The third kappa shape index (κ3) is 2.09. The van der Waals surface area contributed by atoms with Gasteiger partial charge in [-0.25, -0.2) is 0 Å². The zero-order chi connectivity index (χ0) is 13.8. The molecule has 2 nitrogen and oxygen atoms in total. The Morgan fingerprint density at radius 2 is 2.11 bits per heavy atom. The van der Waals surface area contributed by atoms with Crippen molar-refractivity contribution in [3.05, 3.63) is 22.6 Å². The molecule has 0 amide bonds. The van der Waals surface area contributed by atoms with E-state index in [4.69, 9.17) is 4.42 Å². The second-order valence-electron chi connectivity index (χ2n) is 7.38. The molecular weight excluding hydrogens is 302 g/mol. The molecule has 4 atom stereocenters. The highest BCUT2D eigenvalue weighted by atomic mass is 79.9. The summed E-state index contributed by atoms with van der Waals surface area (Å²) >= 11 is 3.38. The number of hydrogen-bond acceptors (Lipinski definition) is 2. The number of nitrogens with one attached hydrogen (secondary N) is 1. The molecule has 0 radical (unpaired) electrons. The lowest BCUT2D eigenvalue weighted by atomic mass is 9.68. The number of rotatable bonds is 3. The van der Waals surface area contributed by atoms with Crippen molar-refractivity contribution in [2.75, 3.05) is 0 Å². The molecule has 0 aliphatic heterocycles. The first-order valence-electron chi connectivity index (χ1n) is 7.34. The van der Waals surface area contributed by atoms with Gasteiger partial charge in [0.15, 0.2) is 4.67 Å². The fourth-order valence-corrected chi connectivity index (χ4v) is 4.93. The Morgan fingerprint density at radius 3 is 2.63 bits per heavy atom. The van der Waals surface area contributed by atoms with Crippen LogP contribution in [-0.4, -0.2) is 6.04 Å². The zero-order valence-electron chi connectivity index (χ0n) is 12.3. The Hall–Kier alpha value is -0.280. The van der Waals surface area contributed by atoms with Gasteiger partial charge in [0.25, 0.3) is 0 Å². The molecule has 0 spiro atoms. The van der Waals surface area contributed by atoms with Crippen LogP contribution < -0.4 is 5.32 Å². The molecule has 19 heavy (non-hydrogen) atoms. The summed E-state index contributed by atoms with van der Waals surface area (Å²) in [6.07, 6.45) is 4.15. The van der Waals surface area contributed by atoms with Gasteiger partial charge in [-0.2, -0.15) is 0 Å². The second-order valence-corrected chi connectivity index (χ2v) is 8.16. The molecule has 2 fully saturated rings. The van der Waals surface area contributed by atoms with E-state index in [0.29, 0.717) is 16.9 Å². The van der Waals surface area contributed by atoms with Gasteiger partial charge < -0.3 is 9.73 Å². The third-order valence-electron chi connectivity index (χ3n) is 5.71. The van der Waals surface area contributed by atoms with Crippen LogP contribution in [0, 0.1) is 16.7 Å². The molecule has 1 aromatic heterocycles. The van der Waals surface area contributed by atoms with Crippen molar-refractivity contribution in [3.8, 4) is 0 Å². The van der Waals surface area contributed by atoms with Gasteiger partial charge in [0.05, 0.1) is 6.04 Å². The number of furan rings is 1. The SMILES string of the molecule is CC(NC1C2(C)CCC(C2)C1(C)C)c1ccc(Br)o1. The maximum Gasteiger partial charge on any atom is 0.169 e. The van der Waals surface area contributed by atoms with E-state index in [1.54, 1.807) is 0 Å². The number of hydrogen-bond donors (Lipinski definition) is 1. The van der Waals surface area contributed by atoms with Crippen LogP contribution in [0.5, 0.6) is 0 Å². The molecule has 1 heterocycles. The van der Waals surface area contributed by atoms with Gasteiger partial charge in [-0.3, -0.25) is 0 Å². The first kappa shape index (κ1) is 13.7. The minimum Gasteiger partial charge on any atom is -0.453 e. The highest BCUT2D eigenvalue weighted by Gasteiger charge is 2.59. The number of halogens is 1. The largest absolute Gasteiger partial charge is 0.453 e. The Morgan fingerprint density at radius 1 is 1.37 bits per heavy atom. The molecule has 0 aromatic carbocycles. The predicted molar refractivity (Wildman–Crippen MR) is 81.0 cm³/mol. The smallest absolute Gasteiger partial charge is 0.169 e. The third-order valence-corrected chi connectivity index (χ3v) is 6.13. The minimum absolute atomic E-state index is 0.270. The van der Waals surface area contributed by atoms with Crippen LogP contribution in [0.1, 0.15) is 58.8 Å². The maximum atomic E-state index is 5.69. The van der Waals surface area contributed by atoms with Crippen molar-refractivity contribution in [2.24, 2.45) is 16.7 Å². The molecule has 3 heteroatoms. The van der Waals surface area contributed by atoms with E-state index in [1.807, 2.05) is 6.07 Å².